The van der Waals surface area contributed by atoms with E-state index in [1.807, 2.05) is 27.7 Å². The van der Waals surface area contributed by atoms with Crippen LogP contribution < -0.4 is 0 Å². The lowest BCUT2D eigenvalue weighted by Gasteiger charge is -2.03. The first-order chi connectivity index (χ1) is 11.4. The third kappa shape index (κ3) is 89.7. The van der Waals surface area contributed by atoms with E-state index in [-0.39, 0.29) is 25.2 Å². The van der Waals surface area contributed by atoms with E-state index in [2.05, 4.69) is 35.8 Å². The van der Waals surface area contributed by atoms with Gasteiger partial charge < -0.3 is 9.47 Å². The summed E-state index contributed by atoms with van der Waals surface area (Å²) in [5, 5.41) is 0. The van der Waals surface area contributed by atoms with E-state index in [9.17, 15) is 9.59 Å². The fraction of sp³-hybridized carbons (Fsp3) is 0.500. The molecule has 0 heterocycles. The Morgan fingerprint density at radius 3 is 0.958 bits per heavy atom. The van der Waals surface area contributed by atoms with Gasteiger partial charge in [-0.1, -0.05) is 38.2 Å². The molecule has 0 aromatic rings. The summed E-state index contributed by atoms with van der Waals surface area (Å²) in [7, 11) is 0. The molecule has 0 radical (unpaired) electrons. The summed E-state index contributed by atoms with van der Waals surface area (Å²) in [6.07, 6.45) is 7.70. The molecule has 0 rings (SSSR count). The highest BCUT2D eigenvalue weighted by atomic mass is 16.6. The highest BCUT2D eigenvalue weighted by Crippen LogP contribution is 1.87. The van der Waals surface area contributed by atoms with Gasteiger partial charge in [-0.15, -0.1) is 26.3 Å². The Labute approximate surface area is 149 Å². The third-order valence-corrected chi connectivity index (χ3v) is 1.19. The molecule has 0 aliphatic heterocycles. The van der Waals surface area contributed by atoms with Gasteiger partial charge in [-0.05, 0) is 27.7 Å². The van der Waals surface area contributed by atoms with Gasteiger partial charge in [-0.3, -0.25) is 9.59 Å². The molecule has 0 saturated carbocycles. The van der Waals surface area contributed by atoms with Crippen LogP contribution in [-0.2, 0) is 19.1 Å². The third-order valence-electron chi connectivity index (χ3n) is 1.19. The van der Waals surface area contributed by atoms with Crippen LogP contribution in [0, 0.1) is 0 Å². The van der Waals surface area contributed by atoms with Crippen LogP contribution in [0.15, 0.2) is 50.6 Å². The number of allylic oxidation sites excluding steroid dienone is 4. The predicted octanol–water partition coefficient (Wildman–Crippen LogP) is 5.66. The quantitative estimate of drug-likeness (QED) is 0.367. The zero-order chi connectivity index (χ0) is 20.2. The highest BCUT2D eigenvalue weighted by molar-refractivity contribution is 5.69. The minimum Gasteiger partial charge on any atom is -0.462 e. The molecule has 0 aliphatic rings. The molecule has 0 aromatic carbocycles. The minimum atomic E-state index is -0.275. The monoisotopic (exact) mass is 342 g/mol. The largest absolute Gasteiger partial charge is 0.462 e. The predicted molar refractivity (Wildman–Crippen MR) is 106 cm³/mol. The maximum atomic E-state index is 10.6. The molecule has 4 heteroatoms. The van der Waals surface area contributed by atoms with Crippen LogP contribution in [0.4, 0.5) is 0 Å². The summed E-state index contributed by atoms with van der Waals surface area (Å²) in [5.41, 5.74) is 0. The van der Waals surface area contributed by atoms with E-state index < -0.39 is 0 Å². The smallest absolute Gasteiger partial charge is 0.305 e. The standard InChI is InChI=1S/C8H14O4.4C3H6/c1-3-7(9)11-5-6-12-8(10)4-2;4*1-3-2/h3-6H2,1-2H3;4*3H,1H2,2H3. The molecule has 0 spiro atoms. The lowest BCUT2D eigenvalue weighted by Crippen LogP contribution is -2.12. The van der Waals surface area contributed by atoms with Crippen molar-refractivity contribution in [3.8, 4) is 0 Å². The van der Waals surface area contributed by atoms with Gasteiger partial charge >= 0.3 is 11.9 Å². The Hall–Kier alpha value is -2.10. The highest BCUT2D eigenvalue weighted by Gasteiger charge is 2.00. The molecule has 0 N–H and O–H groups in total. The van der Waals surface area contributed by atoms with Crippen molar-refractivity contribution in [1.29, 1.82) is 0 Å². The van der Waals surface area contributed by atoms with Gasteiger partial charge in [0.15, 0.2) is 0 Å². The summed E-state index contributed by atoms with van der Waals surface area (Å²) >= 11 is 0. The zero-order valence-electron chi connectivity index (χ0n) is 16.6. The first kappa shape index (κ1) is 33.5. The van der Waals surface area contributed by atoms with E-state index in [1.54, 1.807) is 38.2 Å². The molecule has 142 valence electrons. The second kappa shape index (κ2) is 42.8. The molecule has 0 bridgehead atoms. The van der Waals surface area contributed by atoms with Crippen LogP contribution in [0.5, 0.6) is 0 Å². The van der Waals surface area contributed by atoms with E-state index >= 15 is 0 Å². The number of carbonyl (C=O) groups is 2. The molecule has 24 heavy (non-hydrogen) atoms. The van der Waals surface area contributed by atoms with Crippen molar-refractivity contribution in [2.45, 2.75) is 54.4 Å². The Bertz CT molecular complexity index is 252. The van der Waals surface area contributed by atoms with Gasteiger partial charge in [0.25, 0.3) is 0 Å². The fourth-order valence-electron chi connectivity index (χ4n) is 0.515. The maximum absolute atomic E-state index is 10.6. The van der Waals surface area contributed by atoms with Gasteiger partial charge in [-0.25, -0.2) is 0 Å². The van der Waals surface area contributed by atoms with Crippen LogP contribution in [0.2, 0.25) is 0 Å². The van der Waals surface area contributed by atoms with Crippen LogP contribution in [0.3, 0.4) is 0 Å². The van der Waals surface area contributed by atoms with Crippen molar-refractivity contribution in [2.24, 2.45) is 0 Å². The Morgan fingerprint density at radius 2 is 0.833 bits per heavy atom. The topological polar surface area (TPSA) is 52.6 Å². The number of ether oxygens (including phenoxy) is 2. The molecule has 0 aromatic heterocycles. The normalized spacial score (nSPS) is 6.75. The number of carbonyl (C=O) groups excluding carboxylic acids is 2. The lowest BCUT2D eigenvalue weighted by atomic mass is 10.5. The minimum absolute atomic E-state index is 0.151. The summed E-state index contributed by atoms with van der Waals surface area (Å²) in [6.45, 7) is 24.7. The molecule has 0 saturated heterocycles. The van der Waals surface area contributed by atoms with E-state index in [0.717, 1.165) is 0 Å². The second-order valence-electron chi connectivity index (χ2n) is 3.78. The van der Waals surface area contributed by atoms with Crippen molar-refractivity contribution in [1.82, 2.24) is 0 Å². The lowest BCUT2D eigenvalue weighted by molar-refractivity contribution is -0.151. The van der Waals surface area contributed by atoms with Crippen LogP contribution in [0.1, 0.15) is 54.4 Å². The van der Waals surface area contributed by atoms with Crippen LogP contribution in [-0.4, -0.2) is 25.2 Å². The van der Waals surface area contributed by atoms with Gasteiger partial charge in [-0.2, -0.15) is 0 Å². The average molecular weight is 343 g/mol. The van der Waals surface area contributed by atoms with Crippen LogP contribution in [0.25, 0.3) is 0 Å². The number of hydrogen-bond acceptors (Lipinski definition) is 4. The van der Waals surface area contributed by atoms with E-state index in [1.165, 1.54) is 0 Å². The summed E-state index contributed by atoms with van der Waals surface area (Å²) in [6, 6.07) is 0. The number of esters is 2. The van der Waals surface area contributed by atoms with Crippen molar-refractivity contribution in [3.63, 3.8) is 0 Å². The Kier molecular flexibility index (Phi) is 59.8. The summed E-state index contributed by atoms with van der Waals surface area (Å²) < 4.78 is 9.34. The van der Waals surface area contributed by atoms with Gasteiger partial charge in [0.2, 0.25) is 0 Å². The van der Waals surface area contributed by atoms with Crippen molar-refractivity contribution >= 4 is 11.9 Å². The molecule has 0 atom stereocenters. The maximum Gasteiger partial charge on any atom is 0.305 e. The Morgan fingerprint density at radius 1 is 0.667 bits per heavy atom. The average Bonchev–Trinajstić information content (AvgIpc) is 2.54. The second-order valence-corrected chi connectivity index (χ2v) is 3.78. The first-order valence-electron chi connectivity index (χ1n) is 7.96. The molecule has 0 amide bonds. The molecule has 0 unspecified atom stereocenters. The fourth-order valence-corrected chi connectivity index (χ4v) is 0.515. The van der Waals surface area contributed by atoms with Crippen molar-refractivity contribution in [2.75, 3.05) is 13.2 Å². The molecule has 0 fully saturated rings. The van der Waals surface area contributed by atoms with Gasteiger partial charge in [0, 0.05) is 12.8 Å². The zero-order valence-corrected chi connectivity index (χ0v) is 16.6. The molecular formula is C20H38O4. The van der Waals surface area contributed by atoms with Crippen molar-refractivity contribution < 1.29 is 19.1 Å². The van der Waals surface area contributed by atoms with Crippen LogP contribution >= 0.6 is 0 Å². The van der Waals surface area contributed by atoms with E-state index in [4.69, 9.17) is 0 Å². The van der Waals surface area contributed by atoms with Gasteiger partial charge in [0.05, 0.1) is 0 Å². The molecule has 0 aliphatic carbocycles. The summed E-state index contributed by atoms with van der Waals surface area (Å²) in [5.74, 6) is -0.551. The molecule has 4 nitrogen and oxygen atoms in total. The summed E-state index contributed by atoms with van der Waals surface area (Å²) in [4.78, 5) is 21.1. The molecular weight excluding hydrogens is 304 g/mol. The SMILES string of the molecule is C=CC.C=CC.C=CC.C=CC.CCC(=O)OCCOC(=O)CC. The van der Waals surface area contributed by atoms with Crippen molar-refractivity contribution in [3.05, 3.63) is 50.6 Å². The first-order valence-corrected chi connectivity index (χ1v) is 7.96. The number of hydrogen-bond donors (Lipinski definition) is 0. The van der Waals surface area contributed by atoms with E-state index in [0.29, 0.717) is 12.8 Å². The Balaban J connectivity index is -0.0000000822. The van der Waals surface area contributed by atoms with Gasteiger partial charge in [0.1, 0.15) is 13.2 Å². The number of rotatable bonds is 5.